The molecule has 2 aliphatic heterocycles. The van der Waals surface area contributed by atoms with Gasteiger partial charge in [-0.3, -0.25) is 9.80 Å². The van der Waals surface area contributed by atoms with Crippen molar-refractivity contribution < 1.29 is 4.79 Å². The number of carbonyl (C=O) groups is 1. The van der Waals surface area contributed by atoms with Crippen LogP contribution in [0.2, 0.25) is 0 Å². The van der Waals surface area contributed by atoms with Crippen LogP contribution in [-0.4, -0.2) is 78.6 Å². The highest BCUT2D eigenvalue weighted by molar-refractivity contribution is 5.74. The largest absolute Gasteiger partial charge is 0.336 e. The molecular weight excluding hydrogens is 374 g/mol. The molecule has 2 amide bonds. The second kappa shape index (κ2) is 11.1. The lowest BCUT2D eigenvalue weighted by Crippen LogP contribution is -2.54. The van der Waals surface area contributed by atoms with Crippen LogP contribution in [0.3, 0.4) is 0 Å². The summed E-state index contributed by atoms with van der Waals surface area (Å²) in [6.45, 7) is 16.8. The quantitative estimate of drug-likeness (QED) is 0.686. The summed E-state index contributed by atoms with van der Waals surface area (Å²) in [6, 6.07) is 8.41. The minimum absolute atomic E-state index is 0.00367. The number of nitrogens with zero attached hydrogens (tertiary/aromatic N) is 3. The fraction of sp³-hybridized carbons (Fsp3) is 0.708. The van der Waals surface area contributed by atoms with Crippen LogP contribution in [0.25, 0.3) is 0 Å². The Morgan fingerprint density at radius 1 is 0.900 bits per heavy atom. The van der Waals surface area contributed by atoms with E-state index < -0.39 is 0 Å². The first-order chi connectivity index (χ1) is 14.5. The van der Waals surface area contributed by atoms with Gasteiger partial charge in [-0.15, -0.1) is 0 Å². The zero-order valence-electron chi connectivity index (χ0n) is 19.3. The van der Waals surface area contributed by atoms with E-state index in [9.17, 15) is 4.79 Å². The normalized spacial score (nSPS) is 19.6. The third-order valence-electron chi connectivity index (χ3n) is 6.76. The van der Waals surface area contributed by atoms with Gasteiger partial charge in [-0.25, -0.2) is 4.79 Å². The molecular formula is C24H41N5O. The molecule has 0 aliphatic carbocycles. The standard InChI is InChI=1S/C24H41N5O/c1-4-27-14-16-28(17-15-27)19-22-11-7-6-10-21(22)18-25-23(30)26-20-24(2,3)29-12-8-5-9-13-29/h6-7,10-11H,4-5,8-9,12-20H2,1-3H3,(H2,25,26,30). The Kier molecular flexibility index (Phi) is 8.54. The maximum Gasteiger partial charge on any atom is 0.315 e. The zero-order chi connectivity index (χ0) is 21.4. The van der Waals surface area contributed by atoms with Gasteiger partial charge in [0.15, 0.2) is 0 Å². The Hall–Kier alpha value is -1.63. The first-order valence-electron chi connectivity index (χ1n) is 11.8. The van der Waals surface area contributed by atoms with Gasteiger partial charge in [0.1, 0.15) is 0 Å². The molecule has 168 valence electrons. The van der Waals surface area contributed by atoms with Gasteiger partial charge < -0.3 is 15.5 Å². The lowest BCUT2D eigenvalue weighted by molar-refractivity contribution is 0.0960. The lowest BCUT2D eigenvalue weighted by Gasteiger charge is -2.41. The number of likely N-dealkylation sites (N-methyl/N-ethyl adjacent to an activating group) is 1. The van der Waals surface area contributed by atoms with Crippen molar-refractivity contribution in [2.75, 3.05) is 52.4 Å². The van der Waals surface area contributed by atoms with Gasteiger partial charge >= 0.3 is 6.03 Å². The summed E-state index contributed by atoms with van der Waals surface area (Å²) in [5.74, 6) is 0. The van der Waals surface area contributed by atoms with Crippen molar-refractivity contribution in [2.24, 2.45) is 0 Å². The highest BCUT2D eigenvalue weighted by Gasteiger charge is 2.28. The van der Waals surface area contributed by atoms with E-state index in [1.807, 2.05) is 0 Å². The number of piperidine rings is 1. The van der Waals surface area contributed by atoms with E-state index in [0.717, 1.165) is 52.4 Å². The van der Waals surface area contributed by atoms with Crippen molar-refractivity contribution in [1.29, 1.82) is 0 Å². The summed E-state index contributed by atoms with van der Waals surface area (Å²) in [7, 11) is 0. The predicted octanol–water partition coefficient (Wildman–Crippen LogP) is 2.89. The molecule has 6 nitrogen and oxygen atoms in total. The molecule has 0 radical (unpaired) electrons. The Balaban J connectivity index is 1.45. The highest BCUT2D eigenvalue weighted by Crippen LogP contribution is 2.20. The van der Waals surface area contributed by atoms with Gasteiger partial charge in [0.25, 0.3) is 0 Å². The number of rotatable bonds is 8. The first-order valence-corrected chi connectivity index (χ1v) is 11.8. The van der Waals surface area contributed by atoms with Crippen molar-refractivity contribution >= 4 is 6.03 Å². The Labute approximate surface area is 183 Å². The molecule has 0 spiro atoms. The number of amides is 2. The van der Waals surface area contributed by atoms with E-state index in [4.69, 9.17) is 0 Å². The second-order valence-electron chi connectivity index (χ2n) is 9.38. The summed E-state index contributed by atoms with van der Waals surface area (Å²) < 4.78 is 0. The Bertz CT molecular complexity index is 663. The van der Waals surface area contributed by atoms with Crippen LogP contribution in [0, 0.1) is 0 Å². The summed E-state index contributed by atoms with van der Waals surface area (Å²) >= 11 is 0. The van der Waals surface area contributed by atoms with Crippen molar-refractivity contribution in [3.8, 4) is 0 Å². The minimum atomic E-state index is -0.0774. The van der Waals surface area contributed by atoms with Gasteiger partial charge in [-0.1, -0.05) is 37.6 Å². The maximum atomic E-state index is 12.5. The van der Waals surface area contributed by atoms with Crippen molar-refractivity contribution in [3.63, 3.8) is 0 Å². The molecule has 2 fully saturated rings. The molecule has 3 rings (SSSR count). The van der Waals surface area contributed by atoms with Crippen LogP contribution in [0.4, 0.5) is 4.79 Å². The van der Waals surface area contributed by atoms with Gasteiger partial charge in [0.05, 0.1) is 0 Å². The molecule has 2 heterocycles. The average Bonchev–Trinajstić information content (AvgIpc) is 2.78. The topological polar surface area (TPSA) is 50.9 Å². The predicted molar refractivity (Wildman–Crippen MR) is 124 cm³/mol. The summed E-state index contributed by atoms with van der Waals surface area (Å²) in [6.07, 6.45) is 3.86. The molecule has 0 aromatic heterocycles. The number of hydrogen-bond acceptors (Lipinski definition) is 4. The third kappa shape index (κ3) is 6.69. The van der Waals surface area contributed by atoms with E-state index >= 15 is 0 Å². The van der Waals surface area contributed by atoms with Gasteiger partial charge in [0.2, 0.25) is 0 Å². The molecule has 1 aromatic carbocycles. The molecule has 2 aliphatic rings. The molecule has 0 saturated carbocycles. The van der Waals surface area contributed by atoms with Gasteiger partial charge in [-0.05, 0) is 57.5 Å². The van der Waals surface area contributed by atoms with Crippen molar-refractivity contribution in [3.05, 3.63) is 35.4 Å². The van der Waals surface area contributed by atoms with E-state index in [1.165, 1.54) is 30.4 Å². The highest BCUT2D eigenvalue weighted by atomic mass is 16.2. The van der Waals surface area contributed by atoms with Crippen molar-refractivity contribution in [2.45, 2.75) is 58.7 Å². The first kappa shape index (κ1) is 23.0. The summed E-state index contributed by atoms with van der Waals surface area (Å²) in [4.78, 5) is 20.0. The number of piperazine rings is 1. The molecule has 1 aromatic rings. The second-order valence-corrected chi connectivity index (χ2v) is 9.38. The number of likely N-dealkylation sites (tertiary alicyclic amines) is 1. The molecule has 6 heteroatoms. The van der Waals surface area contributed by atoms with Crippen LogP contribution >= 0.6 is 0 Å². The average molecular weight is 416 g/mol. The van der Waals surface area contributed by atoms with Gasteiger partial charge in [0, 0.05) is 51.4 Å². The summed E-state index contributed by atoms with van der Waals surface area (Å²) in [5, 5.41) is 6.17. The number of carbonyl (C=O) groups excluding carboxylic acids is 1. The third-order valence-corrected chi connectivity index (χ3v) is 6.76. The van der Waals surface area contributed by atoms with Crippen LogP contribution in [0.5, 0.6) is 0 Å². The molecule has 0 atom stereocenters. The van der Waals surface area contributed by atoms with Crippen LogP contribution < -0.4 is 10.6 Å². The van der Waals surface area contributed by atoms with Crippen LogP contribution in [-0.2, 0) is 13.1 Å². The Morgan fingerprint density at radius 3 is 2.20 bits per heavy atom. The van der Waals surface area contributed by atoms with E-state index in [2.05, 4.69) is 70.4 Å². The van der Waals surface area contributed by atoms with Crippen LogP contribution in [0.1, 0.15) is 51.2 Å². The van der Waals surface area contributed by atoms with Gasteiger partial charge in [-0.2, -0.15) is 0 Å². The molecule has 2 saturated heterocycles. The monoisotopic (exact) mass is 415 g/mol. The molecule has 30 heavy (non-hydrogen) atoms. The summed E-state index contributed by atoms with van der Waals surface area (Å²) in [5.41, 5.74) is 2.52. The van der Waals surface area contributed by atoms with E-state index in [0.29, 0.717) is 13.1 Å². The molecule has 0 bridgehead atoms. The lowest BCUT2D eigenvalue weighted by atomic mass is 9.98. The Morgan fingerprint density at radius 2 is 1.53 bits per heavy atom. The zero-order valence-corrected chi connectivity index (χ0v) is 19.3. The van der Waals surface area contributed by atoms with E-state index in [1.54, 1.807) is 0 Å². The SMILES string of the molecule is CCN1CCN(Cc2ccccc2CNC(=O)NCC(C)(C)N2CCCCC2)CC1. The number of benzene rings is 1. The smallest absolute Gasteiger partial charge is 0.315 e. The van der Waals surface area contributed by atoms with E-state index in [-0.39, 0.29) is 11.6 Å². The number of urea groups is 1. The molecule has 2 N–H and O–H groups in total. The van der Waals surface area contributed by atoms with Crippen molar-refractivity contribution in [1.82, 2.24) is 25.3 Å². The fourth-order valence-electron chi connectivity index (χ4n) is 4.53. The number of nitrogens with one attached hydrogen (secondary N) is 2. The van der Waals surface area contributed by atoms with Crippen LogP contribution in [0.15, 0.2) is 24.3 Å². The number of hydrogen-bond donors (Lipinski definition) is 2. The molecule has 0 unspecified atom stereocenters. The minimum Gasteiger partial charge on any atom is -0.336 e. The maximum absolute atomic E-state index is 12.5. The fourth-order valence-corrected chi connectivity index (χ4v) is 4.53.